The summed E-state index contributed by atoms with van der Waals surface area (Å²) in [7, 11) is 1.59. The minimum absolute atomic E-state index is 0.0835. The summed E-state index contributed by atoms with van der Waals surface area (Å²) in [5, 5.41) is 19.1. The zero-order valence-electron chi connectivity index (χ0n) is 16.5. The van der Waals surface area contributed by atoms with Crippen molar-refractivity contribution < 1.29 is 9.57 Å². The van der Waals surface area contributed by atoms with Gasteiger partial charge in [0.2, 0.25) is 0 Å². The lowest BCUT2D eigenvalue weighted by molar-refractivity contribution is 0.214. The Morgan fingerprint density at radius 1 is 0.893 bits per heavy atom. The number of ether oxygens (including phenoxy) is 1. The highest BCUT2D eigenvalue weighted by atomic mass is 16.6. The number of aryl methyl sites for hydroxylation is 1. The van der Waals surface area contributed by atoms with Gasteiger partial charge in [0, 0.05) is 24.5 Å². The van der Waals surface area contributed by atoms with E-state index in [0.29, 0.717) is 6.42 Å². The van der Waals surface area contributed by atoms with Gasteiger partial charge in [0.1, 0.15) is 12.8 Å². The molecule has 2 N–H and O–H groups in total. The molecule has 5 heteroatoms. The molecule has 0 unspecified atom stereocenters. The van der Waals surface area contributed by atoms with Crippen LogP contribution in [0, 0.1) is 10.8 Å². The van der Waals surface area contributed by atoms with Crippen LogP contribution >= 0.6 is 0 Å². The zero-order chi connectivity index (χ0) is 19.9. The maximum Gasteiger partial charge on any atom is 0.189 e. The Morgan fingerprint density at radius 2 is 1.61 bits per heavy atom. The molecule has 5 nitrogen and oxygen atoms in total. The van der Waals surface area contributed by atoms with E-state index in [1.165, 1.54) is 16.7 Å². The van der Waals surface area contributed by atoms with Crippen molar-refractivity contribution in [1.82, 2.24) is 0 Å². The minimum Gasteiger partial charge on any atom is -0.430 e. The van der Waals surface area contributed by atoms with Gasteiger partial charge in [-0.25, -0.2) is 0 Å². The summed E-state index contributed by atoms with van der Waals surface area (Å²) in [6.07, 6.45) is 5.85. The van der Waals surface area contributed by atoms with Crippen LogP contribution in [0.5, 0.6) is 0 Å². The number of nitrogens with zero attached hydrogens (tertiary/aromatic N) is 1. The second-order valence-corrected chi connectivity index (χ2v) is 7.04. The van der Waals surface area contributed by atoms with E-state index in [-0.39, 0.29) is 11.8 Å². The molecular weight excluding hydrogens is 350 g/mol. The molecule has 0 bridgehead atoms. The molecule has 3 rings (SSSR count). The van der Waals surface area contributed by atoms with Gasteiger partial charge in [-0.15, -0.1) is 0 Å². The summed E-state index contributed by atoms with van der Waals surface area (Å²) in [5.41, 5.74) is 6.93. The fraction of sp³-hybridized carbons (Fsp3) is 0.348. The molecule has 0 radical (unpaired) electrons. The van der Waals surface area contributed by atoms with E-state index in [4.69, 9.17) is 20.4 Å². The molecule has 2 aromatic rings. The molecule has 0 atom stereocenters. The summed E-state index contributed by atoms with van der Waals surface area (Å²) >= 11 is 0. The quantitative estimate of drug-likeness (QED) is 0.234. The van der Waals surface area contributed by atoms with Gasteiger partial charge < -0.3 is 9.57 Å². The lowest BCUT2D eigenvalue weighted by Crippen LogP contribution is -2.06. The molecule has 0 aliphatic heterocycles. The van der Waals surface area contributed by atoms with Gasteiger partial charge in [-0.2, -0.15) is 0 Å². The number of rotatable bonds is 8. The van der Waals surface area contributed by atoms with Crippen molar-refractivity contribution in [2.45, 2.75) is 45.4 Å². The summed E-state index contributed by atoms with van der Waals surface area (Å²) in [5.74, 6) is 0.274. The fourth-order valence-electron chi connectivity index (χ4n) is 3.64. The molecule has 2 aromatic carbocycles. The number of oxime groups is 1. The Labute approximate surface area is 166 Å². The molecule has 146 valence electrons. The molecule has 0 saturated heterocycles. The highest BCUT2D eigenvalue weighted by Gasteiger charge is 2.25. The van der Waals surface area contributed by atoms with E-state index >= 15 is 0 Å². The van der Waals surface area contributed by atoms with E-state index < -0.39 is 0 Å². The van der Waals surface area contributed by atoms with Gasteiger partial charge in [0.15, 0.2) is 11.8 Å². The molecule has 1 aliphatic carbocycles. The summed E-state index contributed by atoms with van der Waals surface area (Å²) < 4.78 is 4.97. The Kier molecular flexibility index (Phi) is 6.58. The molecule has 0 amide bonds. The minimum atomic E-state index is 0.0835. The van der Waals surface area contributed by atoms with Gasteiger partial charge in [-0.3, -0.25) is 10.8 Å². The number of hydrogen-bond acceptors (Lipinski definition) is 5. The Bertz CT molecular complexity index is 902. The lowest BCUT2D eigenvalue weighted by Gasteiger charge is -2.07. The van der Waals surface area contributed by atoms with Crippen molar-refractivity contribution in [3.63, 3.8) is 0 Å². The van der Waals surface area contributed by atoms with Crippen LogP contribution in [0.15, 0.2) is 47.6 Å². The monoisotopic (exact) mass is 377 g/mol. The molecular formula is C23H27N3O2. The largest absolute Gasteiger partial charge is 0.430 e. The predicted molar refractivity (Wildman–Crippen MR) is 114 cm³/mol. The van der Waals surface area contributed by atoms with E-state index in [9.17, 15) is 0 Å². The third kappa shape index (κ3) is 4.66. The van der Waals surface area contributed by atoms with Gasteiger partial charge in [0.25, 0.3) is 0 Å². The number of nitrogens with one attached hydrogen (secondary N) is 2. The third-order valence-electron chi connectivity index (χ3n) is 4.89. The van der Waals surface area contributed by atoms with Crippen LogP contribution in [0.25, 0.3) is 11.1 Å². The van der Waals surface area contributed by atoms with Crippen LogP contribution in [-0.4, -0.2) is 24.6 Å². The van der Waals surface area contributed by atoms with Gasteiger partial charge in [-0.1, -0.05) is 54.4 Å². The first-order chi connectivity index (χ1) is 13.6. The molecule has 0 fully saturated rings. The smallest absolute Gasteiger partial charge is 0.189 e. The Hall–Kier alpha value is -2.95. The normalized spacial score (nSPS) is 13.1. The maximum atomic E-state index is 7.63. The van der Waals surface area contributed by atoms with Crippen molar-refractivity contribution >= 4 is 17.5 Å². The van der Waals surface area contributed by atoms with Crippen molar-refractivity contribution in [2.24, 2.45) is 5.16 Å². The number of benzene rings is 2. The van der Waals surface area contributed by atoms with Crippen molar-refractivity contribution in [3.8, 4) is 11.1 Å². The topological polar surface area (TPSA) is 78.5 Å². The number of hydrogen-bond donors (Lipinski definition) is 2. The lowest BCUT2D eigenvalue weighted by atomic mass is 9.99. The maximum absolute atomic E-state index is 7.63. The average molecular weight is 377 g/mol. The predicted octanol–water partition coefficient (Wildman–Crippen LogP) is 5.55. The first kappa shape index (κ1) is 19.8. The van der Waals surface area contributed by atoms with Crippen LogP contribution in [0.1, 0.15) is 55.7 Å². The SMILES string of the molecule is CO/N=C1/c2ccccc2-c2ccc(CCCCCCC(=N)OC(C)=N)cc21. The third-order valence-corrected chi connectivity index (χ3v) is 4.89. The van der Waals surface area contributed by atoms with E-state index in [0.717, 1.165) is 48.9 Å². The van der Waals surface area contributed by atoms with Crippen molar-refractivity contribution in [1.29, 1.82) is 10.8 Å². The van der Waals surface area contributed by atoms with Crippen molar-refractivity contribution in [3.05, 3.63) is 59.2 Å². The molecule has 0 aromatic heterocycles. The van der Waals surface area contributed by atoms with Crippen LogP contribution in [0.4, 0.5) is 0 Å². The highest BCUT2D eigenvalue weighted by Crippen LogP contribution is 2.37. The van der Waals surface area contributed by atoms with E-state index in [1.807, 2.05) is 6.07 Å². The van der Waals surface area contributed by atoms with Crippen molar-refractivity contribution in [2.75, 3.05) is 7.11 Å². The molecule has 0 spiro atoms. The van der Waals surface area contributed by atoms with E-state index in [2.05, 4.69) is 41.6 Å². The summed E-state index contributed by atoms with van der Waals surface area (Å²) in [4.78, 5) is 5.10. The van der Waals surface area contributed by atoms with Crippen LogP contribution in [0.3, 0.4) is 0 Å². The second-order valence-electron chi connectivity index (χ2n) is 7.04. The number of fused-ring (bicyclic) bond motifs is 3. The van der Waals surface area contributed by atoms with Gasteiger partial charge >= 0.3 is 0 Å². The second kappa shape index (κ2) is 9.31. The summed E-state index contributed by atoms with van der Waals surface area (Å²) in [6, 6.07) is 15.0. The fourth-order valence-corrected chi connectivity index (χ4v) is 3.64. The van der Waals surface area contributed by atoms with Crippen LogP contribution in [0.2, 0.25) is 0 Å². The molecule has 0 saturated carbocycles. The Morgan fingerprint density at radius 3 is 2.36 bits per heavy atom. The number of unbranched alkanes of at least 4 members (excludes halogenated alkanes) is 3. The first-order valence-corrected chi connectivity index (χ1v) is 9.75. The van der Waals surface area contributed by atoms with Crippen LogP contribution < -0.4 is 0 Å². The highest BCUT2D eigenvalue weighted by molar-refractivity contribution is 6.24. The molecule has 0 heterocycles. The standard InChI is InChI=1S/C23H27N3O2/c1-16(24)28-22(25)12-6-4-3-5-9-17-13-14-19-18-10-7-8-11-20(18)23(26-27-2)21(19)15-17/h7-8,10-11,13-15,24-25H,3-6,9,12H2,1-2H3/b24-16?,25-22?,26-23-. The van der Waals surface area contributed by atoms with Crippen LogP contribution in [-0.2, 0) is 16.0 Å². The first-order valence-electron chi connectivity index (χ1n) is 9.75. The van der Waals surface area contributed by atoms with E-state index in [1.54, 1.807) is 14.0 Å². The zero-order valence-corrected chi connectivity index (χ0v) is 16.5. The van der Waals surface area contributed by atoms with Gasteiger partial charge in [0.05, 0.1) is 0 Å². The molecule has 28 heavy (non-hydrogen) atoms. The molecule has 1 aliphatic rings. The van der Waals surface area contributed by atoms with Gasteiger partial charge in [-0.05, 0) is 42.0 Å². The summed E-state index contributed by atoms with van der Waals surface area (Å²) in [6.45, 7) is 1.55. The Balaban J connectivity index is 1.55. The average Bonchev–Trinajstić information content (AvgIpc) is 2.98.